The fourth-order valence-corrected chi connectivity index (χ4v) is 2.72. The molecule has 1 N–H and O–H groups in total. The second kappa shape index (κ2) is 7.25. The number of hydrogen-bond donors (Lipinski definition) is 1. The molecular weight excluding hydrogens is 307 g/mol. The van der Waals surface area contributed by atoms with Crippen molar-refractivity contribution in [1.82, 2.24) is 20.1 Å². The van der Waals surface area contributed by atoms with Gasteiger partial charge in [-0.05, 0) is 24.6 Å². The fraction of sp³-hybridized carbons (Fsp3) is 0.467. The number of rotatable bonds is 6. The summed E-state index contributed by atoms with van der Waals surface area (Å²) in [5.74, 6) is 1.47. The normalized spacial score (nSPS) is 12.9. The van der Waals surface area contributed by atoms with Crippen LogP contribution < -0.4 is 5.32 Å². The van der Waals surface area contributed by atoms with Crippen molar-refractivity contribution in [3.63, 3.8) is 0 Å². The minimum absolute atomic E-state index is 0.0475. The van der Waals surface area contributed by atoms with Gasteiger partial charge in [0.2, 0.25) is 0 Å². The lowest BCUT2D eigenvalue weighted by atomic mass is 10.0. The van der Waals surface area contributed by atoms with Gasteiger partial charge < -0.3 is 5.32 Å². The van der Waals surface area contributed by atoms with Crippen LogP contribution >= 0.6 is 23.2 Å². The average molecular weight is 327 g/mol. The van der Waals surface area contributed by atoms with Crippen molar-refractivity contribution in [3.8, 4) is 0 Å². The third kappa shape index (κ3) is 3.96. The van der Waals surface area contributed by atoms with E-state index in [1.54, 1.807) is 12.4 Å². The SMILES string of the molecule is CNC(Cc1ncnn1CC(C)C)c1cccc(Cl)c1Cl. The summed E-state index contributed by atoms with van der Waals surface area (Å²) in [6.07, 6.45) is 2.31. The molecule has 2 aromatic rings. The van der Waals surface area contributed by atoms with Crippen LogP contribution in [0.4, 0.5) is 0 Å². The van der Waals surface area contributed by atoms with Crippen LogP contribution in [0.15, 0.2) is 24.5 Å². The second-order valence-corrected chi connectivity index (χ2v) is 6.23. The zero-order valence-electron chi connectivity index (χ0n) is 12.5. The summed E-state index contributed by atoms with van der Waals surface area (Å²) >= 11 is 12.4. The van der Waals surface area contributed by atoms with E-state index < -0.39 is 0 Å². The molecule has 0 amide bonds. The molecule has 1 atom stereocenters. The molecule has 2 rings (SSSR count). The molecule has 0 aliphatic heterocycles. The highest BCUT2D eigenvalue weighted by atomic mass is 35.5. The predicted molar refractivity (Wildman–Crippen MR) is 86.8 cm³/mol. The van der Waals surface area contributed by atoms with Gasteiger partial charge in [-0.2, -0.15) is 5.10 Å². The first-order chi connectivity index (χ1) is 10.0. The van der Waals surface area contributed by atoms with Crippen LogP contribution in [0, 0.1) is 5.92 Å². The van der Waals surface area contributed by atoms with E-state index in [1.807, 2.05) is 23.9 Å². The average Bonchev–Trinajstić information content (AvgIpc) is 2.86. The van der Waals surface area contributed by atoms with E-state index in [0.717, 1.165) is 17.9 Å². The summed E-state index contributed by atoms with van der Waals surface area (Å²) in [6.45, 7) is 5.18. The topological polar surface area (TPSA) is 42.7 Å². The number of nitrogens with zero attached hydrogens (tertiary/aromatic N) is 3. The van der Waals surface area contributed by atoms with Crippen molar-refractivity contribution in [1.29, 1.82) is 0 Å². The van der Waals surface area contributed by atoms with Crippen LogP contribution in [0.2, 0.25) is 10.0 Å². The number of nitrogens with one attached hydrogen (secondary N) is 1. The van der Waals surface area contributed by atoms with E-state index in [1.165, 1.54) is 0 Å². The van der Waals surface area contributed by atoms with Gasteiger partial charge in [-0.1, -0.05) is 49.2 Å². The molecule has 4 nitrogen and oxygen atoms in total. The van der Waals surface area contributed by atoms with E-state index in [9.17, 15) is 0 Å². The highest BCUT2D eigenvalue weighted by molar-refractivity contribution is 6.42. The lowest BCUT2D eigenvalue weighted by Gasteiger charge is -2.19. The Bertz CT molecular complexity index is 595. The maximum Gasteiger partial charge on any atom is 0.138 e. The summed E-state index contributed by atoms with van der Waals surface area (Å²) < 4.78 is 1.95. The first kappa shape index (κ1) is 16.3. The van der Waals surface area contributed by atoms with E-state index in [0.29, 0.717) is 22.4 Å². The summed E-state index contributed by atoms with van der Waals surface area (Å²) in [5, 5.41) is 8.74. The van der Waals surface area contributed by atoms with Crippen molar-refractivity contribution in [2.75, 3.05) is 7.05 Å². The van der Waals surface area contributed by atoms with E-state index in [-0.39, 0.29) is 6.04 Å². The first-order valence-electron chi connectivity index (χ1n) is 7.00. The summed E-state index contributed by atoms with van der Waals surface area (Å²) in [7, 11) is 1.91. The van der Waals surface area contributed by atoms with Gasteiger partial charge in [0.05, 0.1) is 10.0 Å². The standard InChI is InChI=1S/C15H20Cl2N4/c1-10(2)8-21-14(19-9-20-21)7-13(18-3)11-5-4-6-12(16)15(11)17/h4-6,9-10,13,18H,7-8H2,1-3H3. The van der Waals surface area contributed by atoms with Crippen LogP contribution in [0.25, 0.3) is 0 Å². The molecule has 0 fully saturated rings. The van der Waals surface area contributed by atoms with Crippen LogP contribution in [0.3, 0.4) is 0 Å². The highest BCUT2D eigenvalue weighted by Crippen LogP contribution is 2.31. The molecule has 1 aromatic carbocycles. The Morgan fingerprint density at radius 2 is 2.05 bits per heavy atom. The Balaban J connectivity index is 2.24. The van der Waals surface area contributed by atoms with Crippen molar-refractivity contribution < 1.29 is 0 Å². The Hall–Kier alpha value is -1.10. The molecule has 0 saturated heterocycles. The molecule has 1 unspecified atom stereocenters. The molecule has 0 bridgehead atoms. The Morgan fingerprint density at radius 3 is 2.71 bits per heavy atom. The molecule has 0 saturated carbocycles. The summed E-state index contributed by atoms with van der Waals surface area (Å²) in [6, 6.07) is 5.73. The van der Waals surface area contributed by atoms with Crippen molar-refractivity contribution in [2.45, 2.75) is 32.9 Å². The summed E-state index contributed by atoms with van der Waals surface area (Å²) in [4.78, 5) is 4.37. The lowest BCUT2D eigenvalue weighted by Crippen LogP contribution is -2.22. The van der Waals surface area contributed by atoms with Gasteiger partial charge in [0.1, 0.15) is 12.2 Å². The van der Waals surface area contributed by atoms with Gasteiger partial charge in [0.25, 0.3) is 0 Å². The highest BCUT2D eigenvalue weighted by Gasteiger charge is 2.18. The maximum atomic E-state index is 6.32. The van der Waals surface area contributed by atoms with Gasteiger partial charge in [-0.3, -0.25) is 0 Å². The van der Waals surface area contributed by atoms with Gasteiger partial charge in [0.15, 0.2) is 0 Å². The van der Waals surface area contributed by atoms with Gasteiger partial charge in [-0.25, -0.2) is 9.67 Å². The number of likely N-dealkylation sites (N-methyl/N-ethyl adjacent to an activating group) is 1. The Kier molecular flexibility index (Phi) is 5.62. The fourth-order valence-electron chi connectivity index (χ4n) is 2.28. The molecule has 6 heteroatoms. The quantitative estimate of drug-likeness (QED) is 0.879. The minimum Gasteiger partial charge on any atom is -0.313 e. The smallest absolute Gasteiger partial charge is 0.138 e. The lowest BCUT2D eigenvalue weighted by molar-refractivity contribution is 0.451. The maximum absolute atomic E-state index is 6.32. The molecule has 1 heterocycles. The van der Waals surface area contributed by atoms with Gasteiger partial charge in [-0.15, -0.1) is 0 Å². The zero-order chi connectivity index (χ0) is 15.4. The molecular formula is C15H20Cl2N4. The number of aromatic nitrogens is 3. The number of benzene rings is 1. The predicted octanol–water partition coefficient (Wildman–Crippen LogP) is 3.74. The third-order valence-corrected chi connectivity index (χ3v) is 4.16. The van der Waals surface area contributed by atoms with Crippen molar-refractivity contribution in [2.24, 2.45) is 5.92 Å². The molecule has 114 valence electrons. The Labute approximate surface area is 135 Å². The molecule has 0 aliphatic carbocycles. The first-order valence-corrected chi connectivity index (χ1v) is 7.76. The second-order valence-electron chi connectivity index (χ2n) is 5.44. The van der Waals surface area contributed by atoms with E-state index >= 15 is 0 Å². The van der Waals surface area contributed by atoms with Crippen LogP contribution in [-0.4, -0.2) is 21.8 Å². The van der Waals surface area contributed by atoms with E-state index in [2.05, 4.69) is 29.2 Å². The number of hydrogen-bond acceptors (Lipinski definition) is 3. The molecule has 0 aliphatic rings. The minimum atomic E-state index is 0.0475. The van der Waals surface area contributed by atoms with Crippen LogP contribution in [-0.2, 0) is 13.0 Å². The van der Waals surface area contributed by atoms with Crippen molar-refractivity contribution in [3.05, 3.63) is 46.0 Å². The van der Waals surface area contributed by atoms with E-state index in [4.69, 9.17) is 23.2 Å². The van der Waals surface area contributed by atoms with Crippen molar-refractivity contribution >= 4 is 23.2 Å². The molecule has 0 radical (unpaired) electrons. The zero-order valence-corrected chi connectivity index (χ0v) is 14.0. The molecule has 0 spiro atoms. The van der Waals surface area contributed by atoms with Crippen LogP contribution in [0.1, 0.15) is 31.3 Å². The molecule has 1 aromatic heterocycles. The number of halogens is 2. The van der Waals surface area contributed by atoms with Gasteiger partial charge in [0, 0.05) is 19.0 Å². The monoisotopic (exact) mass is 326 g/mol. The van der Waals surface area contributed by atoms with Crippen LogP contribution in [0.5, 0.6) is 0 Å². The van der Waals surface area contributed by atoms with Gasteiger partial charge >= 0.3 is 0 Å². The Morgan fingerprint density at radius 1 is 1.29 bits per heavy atom. The third-order valence-electron chi connectivity index (χ3n) is 3.33. The summed E-state index contributed by atoms with van der Waals surface area (Å²) in [5.41, 5.74) is 0.978. The molecule has 21 heavy (non-hydrogen) atoms. The largest absolute Gasteiger partial charge is 0.313 e.